The Balaban J connectivity index is 2.26. The zero-order chi connectivity index (χ0) is 14.7. The number of hydrogen-bond acceptors (Lipinski definition) is 2. The van der Waals surface area contributed by atoms with Crippen molar-refractivity contribution < 1.29 is 4.39 Å². The van der Waals surface area contributed by atoms with Crippen molar-refractivity contribution >= 4 is 5.69 Å². The van der Waals surface area contributed by atoms with Crippen LogP contribution >= 0.6 is 0 Å². The fourth-order valence-electron chi connectivity index (χ4n) is 3.19. The molecule has 0 radical (unpaired) electrons. The molecule has 1 aliphatic heterocycles. The van der Waals surface area contributed by atoms with Gasteiger partial charge in [-0.2, -0.15) is 0 Å². The highest BCUT2D eigenvalue weighted by atomic mass is 19.1. The standard InChI is InChI=1S/C17H27FN2/c1-4-16(19)11-14-10-15(18)5-6-17(14)20-8-7-12(2)9-13(20)3/h5-6,10,12-13,16H,4,7-9,11,19H2,1-3H3. The van der Waals surface area contributed by atoms with Gasteiger partial charge in [0.2, 0.25) is 0 Å². The lowest BCUT2D eigenvalue weighted by atomic mass is 9.91. The highest BCUT2D eigenvalue weighted by molar-refractivity contribution is 5.55. The van der Waals surface area contributed by atoms with Crippen molar-refractivity contribution in [2.45, 2.75) is 58.5 Å². The Morgan fingerprint density at radius 1 is 1.40 bits per heavy atom. The van der Waals surface area contributed by atoms with E-state index in [4.69, 9.17) is 5.73 Å². The summed E-state index contributed by atoms with van der Waals surface area (Å²) in [5.41, 5.74) is 8.30. The SMILES string of the molecule is CCC(N)Cc1cc(F)ccc1N1CCC(C)CC1C. The fraction of sp³-hybridized carbons (Fsp3) is 0.647. The highest BCUT2D eigenvalue weighted by Crippen LogP contribution is 2.31. The molecule has 112 valence electrons. The van der Waals surface area contributed by atoms with Crippen LogP contribution in [0.2, 0.25) is 0 Å². The van der Waals surface area contributed by atoms with Crippen LogP contribution in [-0.4, -0.2) is 18.6 Å². The summed E-state index contributed by atoms with van der Waals surface area (Å²) in [6.45, 7) is 7.71. The van der Waals surface area contributed by atoms with Gasteiger partial charge in [-0.25, -0.2) is 4.39 Å². The van der Waals surface area contributed by atoms with Crippen molar-refractivity contribution in [2.24, 2.45) is 11.7 Å². The maximum atomic E-state index is 13.6. The molecule has 3 heteroatoms. The molecule has 20 heavy (non-hydrogen) atoms. The predicted molar refractivity (Wildman–Crippen MR) is 83.6 cm³/mol. The molecule has 3 atom stereocenters. The smallest absolute Gasteiger partial charge is 0.123 e. The average Bonchev–Trinajstić information content (AvgIpc) is 2.40. The Kier molecular flexibility index (Phi) is 5.03. The second-order valence-electron chi connectivity index (χ2n) is 6.32. The lowest BCUT2D eigenvalue weighted by molar-refractivity contribution is 0.377. The third-order valence-electron chi connectivity index (χ3n) is 4.50. The number of rotatable bonds is 4. The number of piperidine rings is 1. The minimum atomic E-state index is -0.162. The van der Waals surface area contributed by atoms with Gasteiger partial charge in [-0.05, 0) is 62.3 Å². The molecule has 1 aromatic carbocycles. The topological polar surface area (TPSA) is 29.3 Å². The van der Waals surface area contributed by atoms with Crippen molar-refractivity contribution in [3.8, 4) is 0 Å². The molecule has 0 amide bonds. The van der Waals surface area contributed by atoms with Crippen LogP contribution < -0.4 is 10.6 Å². The van der Waals surface area contributed by atoms with Gasteiger partial charge >= 0.3 is 0 Å². The summed E-state index contributed by atoms with van der Waals surface area (Å²) in [6.07, 6.45) is 4.09. The average molecular weight is 278 g/mol. The van der Waals surface area contributed by atoms with Crippen LogP contribution in [0.1, 0.15) is 45.6 Å². The summed E-state index contributed by atoms with van der Waals surface area (Å²) in [5, 5.41) is 0. The van der Waals surface area contributed by atoms with E-state index in [0.717, 1.165) is 30.9 Å². The number of nitrogens with zero attached hydrogens (tertiary/aromatic N) is 1. The van der Waals surface area contributed by atoms with Crippen molar-refractivity contribution in [2.75, 3.05) is 11.4 Å². The summed E-state index contributed by atoms with van der Waals surface area (Å²) in [6, 6.07) is 5.78. The quantitative estimate of drug-likeness (QED) is 0.909. The number of nitrogens with two attached hydrogens (primary N) is 1. The summed E-state index contributed by atoms with van der Waals surface area (Å²) in [7, 11) is 0. The summed E-state index contributed by atoms with van der Waals surface area (Å²) in [4.78, 5) is 2.43. The van der Waals surface area contributed by atoms with Crippen LogP contribution in [-0.2, 0) is 6.42 Å². The van der Waals surface area contributed by atoms with Gasteiger partial charge in [-0.3, -0.25) is 0 Å². The molecule has 1 fully saturated rings. The van der Waals surface area contributed by atoms with E-state index in [2.05, 4.69) is 25.7 Å². The van der Waals surface area contributed by atoms with Crippen LogP contribution in [0.5, 0.6) is 0 Å². The third kappa shape index (κ3) is 3.51. The Bertz CT molecular complexity index is 447. The van der Waals surface area contributed by atoms with Crippen LogP contribution in [0.15, 0.2) is 18.2 Å². The van der Waals surface area contributed by atoms with E-state index in [1.807, 2.05) is 6.07 Å². The van der Waals surface area contributed by atoms with Crippen molar-refractivity contribution in [3.05, 3.63) is 29.6 Å². The summed E-state index contributed by atoms with van der Waals surface area (Å²) >= 11 is 0. The molecule has 0 saturated carbocycles. The fourth-order valence-corrected chi connectivity index (χ4v) is 3.19. The van der Waals surface area contributed by atoms with E-state index in [-0.39, 0.29) is 11.9 Å². The van der Waals surface area contributed by atoms with Crippen molar-refractivity contribution in [3.63, 3.8) is 0 Å². The Labute approximate surface area is 122 Å². The minimum Gasteiger partial charge on any atom is -0.369 e. The first kappa shape index (κ1) is 15.3. The van der Waals surface area contributed by atoms with Gasteiger partial charge in [0, 0.05) is 24.3 Å². The molecule has 1 heterocycles. The monoisotopic (exact) mass is 278 g/mol. The normalized spacial score (nSPS) is 24.8. The lowest BCUT2D eigenvalue weighted by Crippen LogP contribution is -2.41. The molecule has 1 aliphatic rings. The molecule has 0 aromatic heterocycles. The number of benzene rings is 1. The largest absolute Gasteiger partial charge is 0.369 e. The van der Waals surface area contributed by atoms with Crippen LogP contribution in [0.3, 0.4) is 0 Å². The lowest BCUT2D eigenvalue weighted by Gasteiger charge is -2.39. The van der Waals surface area contributed by atoms with Gasteiger partial charge in [-0.15, -0.1) is 0 Å². The first-order valence-corrected chi connectivity index (χ1v) is 7.81. The molecular weight excluding hydrogens is 251 g/mol. The van der Waals surface area contributed by atoms with E-state index >= 15 is 0 Å². The van der Waals surface area contributed by atoms with Gasteiger partial charge in [0.15, 0.2) is 0 Å². The Morgan fingerprint density at radius 2 is 2.15 bits per heavy atom. The third-order valence-corrected chi connectivity index (χ3v) is 4.50. The van der Waals surface area contributed by atoms with E-state index in [1.54, 1.807) is 12.1 Å². The highest BCUT2D eigenvalue weighted by Gasteiger charge is 2.25. The predicted octanol–water partition coefficient (Wildman–Crippen LogP) is 3.73. The molecule has 1 saturated heterocycles. The van der Waals surface area contributed by atoms with E-state index < -0.39 is 0 Å². The molecule has 0 bridgehead atoms. The molecule has 0 aliphatic carbocycles. The van der Waals surface area contributed by atoms with Gasteiger partial charge in [0.1, 0.15) is 5.82 Å². The van der Waals surface area contributed by atoms with E-state index in [0.29, 0.717) is 6.04 Å². The first-order chi connectivity index (χ1) is 9.51. The van der Waals surface area contributed by atoms with E-state index in [9.17, 15) is 4.39 Å². The zero-order valence-corrected chi connectivity index (χ0v) is 12.9. The van der Waals surface area contributed by atoms with E-state index in [1.165, 1.54) is 18.5 Å². The van der Waals surface area contributed by atoms with Crippen LogP contribution in [0.25, 0.3) is 0 Å². The summed E-state index contributed by atoms with van der Waals surface area (Å²) in [5.74, 6) is 0.619. The Morgan fingerprint density at radius 3 is 2.80 bits per heavy atom. The molecule has 3 unspecified atom stereocenters. The van der Waals surface area contributed by atoms with Crippen LogP contribution in [0.4, 0.5) is 10.1 Å². The number of anilines is 1. The molecule has 1 aromatic rings. The van der Waals surface area contributed by atoms with Crippen molar-refractivity contribution in [1.29, 1.82) is 0 Å². The maximum absolute atomic E-state index is 13.6. The van der Waals surface area contributed by atoms with Gasteiger partial charge in [0.05, 0.1) is 0 Å². The van der Waals surface area contributed by atoms with Gasteiger partial charge in [0.25, 0.3) is 0 Å². The summed E-state index contributed by atoms with van der Waals surface area (Å²) < 4.78 is 13.6. The number of hydrogen-bond donors (Lipinski definition) is 1. The van der Waals surface area contributed by atoms with Gasteiger partial charge < -0.3 is 10.6 Å². The Hall–Kier alpha value is -1.09. The second kappa shape index (κ2) is 6.57. The number of halogens is 1. The second-order valence-corrected chi connectivity index (χ2v) is 6.32. The maximum Gasteiger partial charge on any atom is 0.123 e. The first-order valence-electron chi connectivity index (χ1n) is 7.81. The van der Waals surface area contributed by atoms with Crippen molar-refractivity contribution in [1.82, 2.24) is 0 Å². The molecule has 2 N–H and O–H groups in total. The van der Waals surface area contributed by atoms with Gasteiger partial charge in [-0.1, -0.05) is 13.8 Å². The zero-order valence-electron chi connectivity index (χ0n) is 12.9. The minimum absolute atomic E-state index is 0.106. The van der Waals surface area contributed by atoms with Crippen LogP contribution in [0, 0.1) is 11.7 Å². The molecule has 2 nitrogen and oxygen atoms in total. The molecule has 2 rings (SSSR count). The molecule has 0 spiro atoms. The molecular formula is C17H27FN2.